The summed E-state index contributed by atoms with van der Waals surface area (Å²) in [5, 5.41) is 0. The quantitative estimate of drug-likeness (QED) is 0.812. The molecular weight excluding hydrogens is 344 g/mol. The van der Waals surface area contributed by atoms with Gasteiger partial charge in [0, 0.05) is 32.7 Å². The zero-order valence-corrected chi connectivity index (χ0v) is 16.0. The van der Waals surface area contributed by atoms with E-state index >= 15 is 0 Å². The Morgan fingerprint density at radius 1 is 0.846 bits per heavy atom. The summed E-state index contributed by atoms with van der Waals surface area (Å²) in [4.78, 5) is 2.47. The van der Waals surface area contributed by atoms with Gasteiger partial charge >= 0.3 is 0 Å². The molecule has 138 valence electrons. The van der Waals surface area contributed by atoms with E-state index in [1.807, 2.05) is 6.07 Å². The molecule has 4 nitrogen and oxygen atoms in total. The van der Waals surface area contributed by atoms with Crippen LogP contribution in [0.4, 0.5) is 0 Å². The molecule has 0 saturated carbocycles. The lowest BCUT2D eigenvalue weighted by molar-refractivity contribution is 0.290. The molecule has 0 amide bonds. The molecule has 2 aromatic carbocycles. The molecule has 2 fully saturated rings. The maximum Gasteiger partial charge on any atom is 0.213 e. The zero-order chi connectivity index (χ0) is 18.1. The first-order chi connectivity index (χ1) is 12.5. The smallest absolute Gasteiger partial charge is 0.213 e. The van der Waals surface area contributed by atoms with E-state index in [1.165, 1.54) is 16.7 Å². The van der Waals surface area contributed by atoms with Crippen molar-refractivity contribution in [1.82, 2.24) is 9.21 Å². The van der Waals surface area contributed by atoms with E-state index in [9.17, 15) is 8.42 Å². The van der Waals surface area contributed by atoms with Gasteiger partial charge < -0.3 is 0 Å². The van der Waals surface area contributed by atoms with Gasteiger partial charge in [-0.1, -0.05) is 54.6 Å². The summed E-state index contributed by atoms with van der Waals surface area (Å²) in [5.41, 5.74) is 3.81. The molecule has 5 heteroatoms. The Balaban J connectivity index is 1.36. The van der Waals surface area contributed by atoms with Gasteiger partial charge in [-0.3, -0.25) is 4.90 Å². The Labute approximate surface area is 156 Å². The van der Waals surface area contributed by atoms with Crippen LogP contribution in [0.25, 0.3) is 11.1 Å². The molecule has 0 aliphatic carbocycles. The highest BCUT2D eigenvalue weighted by Crippen LogP contribution is 2.33. The van der Waals surface area contributed by atoms with E-state index < -0.39 is 10.0 Å². The Morgan fingerprint density at radius 3 is 2.00 bits per heavy atom. The van der Waals surface area contributed by atoms with Gasteiger partial charge in [-0.2, -0.15) is 0 Å². The number of nitrogens with zero attached hydrogens (tertiary/aromatic N) is 2. The third-order valence-corrected chi connectivity index (χ3v) is 7.57. The van der Waals surface area contributed by atoms with Crippen molar-refractivity contribution in [3.05, 3.63) is 60.2 Å². The highest BCUT2D eigenvalue weighted by molar-refractivity contribution is 7.89. The molecule has 0 aromatic heterocycles. The van der Waals surface area contributed by atoms with E-state index in [2.05, 4.69) is 53.4 Å². The van der Waals surface area contributed by atoms with Crippen molar-refractivity contribution in [2.45, 2.75) is 13.5 Å². The van der Waals surface area contributed by atoms with Gasteiger partial charge in [-0.15, -0.1) is 0 Å². The molecule has 26 heavy (non-hydrogen) atoms. The fourth-order valence-corrected chi connectivity index (χ4v) is 5.48. The second kappa shape index (κ2) is 7.14. The van der Waals surface area contributed by atoms with Crippen LogP contribution < -0.4 is 0 Å². The number of rotatable bonds is 5. The minimum Gasteiger partial charge on any atom is -0.298 e. The van der Waals surface area contributed by atoms with Gasteiger partial charge in [0.15, 0.2) is 0 Å². The monoisotopic (exact) mass is 370 g/mol. The molecule has 0 N–H and O–H groups in total. The Hall–Kier alpha value is -1.69. The molecule has 0 radical (unpaired) electrons. The molecule has 2 aliphatic rings. The molecule has 2 unspecified atom stereocenters. The minimum atomic E-state index is -3.03. The summed E-state index contributed by atoms with van der Waals surface area (Å²) in [6.45, 7) is 6.08. The van der Waals surface area contributed by atoms with Crippen molar-refractivity contribution >= 4 is 10.0 Å². The molecule has 2 saturated heterocycles. The molecule has 2 aromatic rings. The first-order valence-electron chi connectivity index (χ1n) is 9.39. The lowest BCUT2D eigenvalue weighted by atomic mass is 10.0. The van der Waals surface area contributed by atoms with Gasteiger partial charge in [-0.05, 0) is 35.4 Å². The number of benzene rings is 2. The van der Waals surface area contributed by atoms with Crippen molar-refractivity contribution in [2.24, 2.45) is 11.8 Å². The maximum absolute atomic E-state index is 12.1. The van der Waals surface area contributed by atoms with Crippen molar-refractivity contribution in [3.8, 4) is 11.1 Å². The lowest BCUT2D eigenvalue weighted by Crippen LogP contribution is -2.34. The van der Waals surface area contributed by atoms with E-state index in [0.717, 1.165) is 19.6 Å². The summed E-state index contributed by atoms with van der Waals surface area (Å²) in [6.07, 6.45) is 0. The summed E-state index contributed by atoms with van der Waals surface area (Å²) in [5.74, 6) is 1.18. The normalized spacial score (nSPS) is 24.0. The van der Waals surface area contributed by atoms with Crippen LogP contribution in [0.5, 0.6) is 0 Å². The second-order valence-corrected chi connectivity index (χ2v) is 9.75. The molecular formula is C21H26N2O2S. The highest BCUT2D eigenvalue weighted by atomic mass is 32.2. The fourth-order valence-electron chi connectivity index (χ4n) is 4.28. The molecule has 0 bridgehead atoms. The first kappa shape index (κ1) is 17.7. The van der Waals surface area contributed by atoms with E-state index in [-0.39, 0.29) is 5.75 Å². The second-order valence-electron chi connectivity index (χ2n) is 7.49. The zero-order valence-electron chi connectivity index (χ0n) is 15.2. The average Bonchev–Trinajstić information content (AvgIpc) is 3.22. The average molecular weight is 371 g/mol. The molecule has 4 rings (SSSR count). The number of sulfonamides is 1. The summed E-state index contributed by atoms with van der Waals surface area (Å²) >= 11 is 0. The molecule has 2 atom stereocenters. The van der Waals surface area contributed by atoms with Gasteiger partial charge in [-0.25, -0.2) is 12.7 Å². The highest BCUT2D eigenvalue weighted by Gasteiger charge is 2.43. The van der Waals surface area contributed by atoms with Gasteiger partial charge in [0.05, 0.1) is 5.75 Å². The van der Waals surface area contributed by atoms with E-state index in [0.29, 0.717) is 24.9 Å². The maximum atomic E-state index is 12.1. The SMILES string of the molecule is CCS(=O)(=O)N1CC2CN(Cc3ccc(-c4ccccc4)cc3)CC2C1. The standard InChI is InChI=1S/C21H26N2O2S/c1-2-26(24,25)23-15-20-13-22(14-21(20)16-23)12-17-8-10-19(11-9-17)18-6-4-3-5-7-18/h3-11,20-21H,2,12-16H2,1H3. The first-order valence-corrected chi connectivity index (χ1v) is 11.0. The number of fused-ring (bicyclic) bond motifs is 1. The predicted molar refractivity (Wildman–Crippen MR) is 105 cm³/mol. The Morgan fingerprint density at radius 2 is 1.42 bits per heavy atom. The van der Waals surface area contributed by atoms with Crippen LogP contribution in [-0.4, -0.2) is 49.6 Å². The summed E-state index contributed by atoms with van der Waals surface area (Å²) < 4.78 is 25.8. The molecule has 0 spiro atoms. The topological polar surface area (TPSA) is 40.6 Å². The van der Waals surface area contributed by atoms with Crippen molar-refractivity contribution in [2.75, 3.05) is 31.9 Å². The van der Waals surface area contributed by atoms with Gasteiger partial charge in [0.1, 0.15) is 0 Å². The van der Waals surface area contributed by atoms with Crippen LogP contribution in [0.3, 0.4) is 0 Å². The van der Waals surface area contributed by atoms with E-state index in [4.69, 9.17) is 0 Å². The lowest BCUT2D eigenvalue weighted by Gasteiger charge is -2.21. The largest absolute Gasteiger partial charge is 0.298 e. The van der Waals surface area contributed by atoms with Crippen LogP contribution in [-0.2, 0) is 16.6 Å². The fraction of sp³-hybridized carbons (Fsp3) is 0.429. The van der Waals surface area contributed by atoms with Crippen LogP contribution >= 0.6 is 0 Å². The number of likely N-dealkylation sites (tertiary alicyclic amines) is 1. The molecule has 2 aliphatic heterocycles. The summed E-state index contributed by atoms with van der Waals surface area (Å²) in [6, 6.07) is 19.2. The van der Waals surface area contributed by atoms with Gasteiger partial charge in [0.25, 0.3) is 0 Å². The van der Waals surface area contributed by atoms with Crippen LogP contribution in [0, 0.1) is 11.8 Å². The van der Waals surface area contributed by atoms with Crippen molar-refractivity contribution in [3.63, 3.8) is 0 Å². The van der Waals surface area contributed by atoms with Crippen LogP contribution in [0.2, 0.25) is 0 Å². The Kier molecular flexibility index (Phi) is 4.86. The van der Waals surface area contributed by atoms with Crippen molar-refractivity contribution in [1.29, 1.82) is 0 Å². The number of hydrogen-bond donors (Lipinski definition) is 0. The van der Waals surface area contributed by atoms with E-state index in [1.54, 1.807) is 11.2 Å². The predicted octanol–water partition coefficient (Wildman–Crippen LogP) is 3.07. The third kappa shape index (κ3) is 3.56. The van der Waals surface area contributed by atoms with Crippen LogP contribution in [0.1, 0.15) is 12.5 Å². The minimum absolute atomic E-state index is 0.212. The van der Waals surface area contributed by atoms with Crippen LogP contribution in [0.15, 0.2) is 54.6 Å². The third-order valence-electron chi connectivity index (χ3n) is 5.75. The Bertz CT molecular complexity index is 835. The summed E-state index contributed by atoms with van der Waals surface area (Å²) in [7, 11) is -3.03. The molecule has 2 heterocycles. The number of hydrogen-bond acceptors (Lipinski definition) is 3. The van der Waals surface area contributed by atoms with Gasteiger partial charge in [0.2, 0.25) is 10.0 Å². The van der Waals surface area contributed by atoms with Crippen molar-refractivity contribution < 1.29 is 8.42 Å².